The van der Waals surface area contributed by atoms with E-state index in [0.29, 0.717) is 12.3 Å². The van der Waals surface area contributed by atoms with E-state index in [1.807, 2.05) is 6.07 Å². The SMILES string of the molecule is COCc1cccc(NS(=O)(=O)CCl)c1. The predicted molar refractivity (Wildman–Crippen MR) is 60.4 cm³/mol. The Morgan fingerprint density at radius 1 is 1.47 bits per heavy atom. The van der Waals surface area contributed by atoms with Crippen LogP contribution in [0.4, 0.5) is 5.69 Å². The first-order chi connectivity index (χ1) is 7.07. The van der Waals surface area contributed by atoms with E-state index in [0.717, 1.165) is 5.56 Å². The number of ether oxygens (including phenoxy) is 1. The third-order valence-electron chi connectivity index (χ3n) is 1.65. The molecule has 4 nitrogen and oxygen atoms in total. The van der Waals surface area contributed by atoms with Crippen LogP contribution >= 0.6 is 11.6 Å². The van der Waals surface area contributed by atoms with E-state index < -0.39 is 15.2 Å². The van der Waals surface area contributed by atoms with Crippen LogP contribution in [0.15, 0.2) is 24.3 Å². The highest BCUT2D eigenvalue weighted by Crippen LogP contribution is 2.13. The van der Waals surface area contributed by atoms with E-state index in [-0.39, 0.29) is 0 Å². The van der Waals surface area contributed by atoms with Gasteiger partial charge in [0.05, 0.1) is 6.61 Å². The lowest BCUT2D eigenvalue weighted by atomic mass is 10.2. The molecule has 0 saturated carbocycles. The van der Waals surface area contributed by atoms with Crippen molar-refractivity contribution in [1.82, 2.24) is 0 Å². The van der Waals surface area contributed by atoms with Crippen molar-refractivity contribution in [3.05, 3.63) is 29.8 Å². The molecule has 0 amide bonds. The van der Waals surface area contributed by atoms with Gasteiger partial charge in [0.25, 0.3) is 0 Å². The van der Waals surface area contributed by atoms with Crippen LogP contribution in [0.5, 0.6) is 0 Å². The minimum absolute atomic E-state index is 0.441. The zero-order valence-corrected chi connectivity index (χ0v) is 9.81. The first-order valence-corrected chi connectivity index (χ1v) is 6.40. The zero-order chi connectivity index (χ0) is 11.3. The number of anilines is 1. The van der Waals surface area contributed by atoms with Crippen LogP contribution in [-0.4, -0.2) is 20.7 Å². The predicted octanol–water partition coefficient (Wildman–Crippen LogP) is 1.77. The quantitative estimate of drug-likeness (QED) is 0.810. The molecule has 0 bridgehead atoms. The van der Waals surface area contributed by atoms with Crippen molar-refractivity contribution in [2.75, 3.05) is 17.0 Å². The monoisotopic (exact) mass is 249 g/mol. The second kappa shape index (κ2) is 5.34. The largest absolute Gasteiger partial charge is 0.380 e. The van der Waals surface area contributed by atoms with Gasteiger partial charge >= 0.3 is 0 Å². The average Bonchev–Trinajstić information content (AvgIpc) is 2.18. The van der Waals surface area contributed by atoms with Gasteiger partial charge in [0.2, 0.25) is 10.0 Å². The summed E-state index contributed by atoms with van der Waals surface area (Å²) in [5, 5.41) is -0.457. The summed E-state index contributed by atoms with van der Waals surface area (Å²) >= 11 is 5.27. The van der Waals surface area contributed by atoms with Gasteiger partial charge < -0.3 is 4.74 Å². The summed E-state index contributed by atoms with van der Waals surface area (Å²) in [5.41, 5.74) is 1.39. The fourth-order valence-corrected chi connectivity index (χ4v) is 1.80. The minimum atomic E-state index is -3.43. The number of methoxy groups -OCH3 is 1. The Hall–Kier alpha value is -0.780. The van der Waals surface area contributed by atoms with Gasteiger partial charge in [-0.3, -0.25) is 4.72 Å². The number of sulfonamides is 1. The molecule has 0 fully saturated rings. The van der Waals surface area contributed by atoms with Crippen LogP contribution < -0.4 is 4.72 Å². The molecule has 15 heavy (non-hydrogen) atoms. The van der Waals surface area contributed by atoms with E-state index in [9.17, 15) is 8.42 Å². The lowest BCUT2D eigenvalue weighted by Gasteiger charge is -2.06. The van der Waals surface area contributed by atoms with E-state index in [2.05, 4.69) is 4.72 Å². The molecule has 1 rings (SSSR count). The maximum absolute atomic E-state index is 11.2. The summed E-state index contributed by atoms with van der Waals surface area (Å²) in [4.78, 5) is 0. The van der Waals surface area contributed by atoms with Crippen molar-refractivity contribution in [2.45, 2.75) is 6.61 Å². The molecule has 0 aliphatic carbocycles. The molecule has 0 unspecified atom stereocenters. The Balaban J connectivity index is 2.82. The molecule has 1 aromatic carbocycles. The molecule has 0 aliphatic rings. The fraction of sp³-hybridized carbons (Fsp3) is 0.333. The number of halogens is 1. The Labute approximate surface area is 94.3 Å². The van der Waals surface area contributed by atoms with Gasteiger partial charge in [0.1, 0.15) is 5.21 Å². The summed E-state index contributed by atoms with van der Waals surface area (Å²) in [5.74, 6) is 0. The molecule has 1 aromatic rings. The van der Waals surface area contributed by atoms with Gasteiger partial charge in [-0.05, 0) is 17.7 Å². The van der Waals surface area contributed by atoms with E-state index in [1.54, 1.807) is 25.3 Å². The van der Waals surface area contributed by atoms with Gasteiger partial charge in [-0.15, -0.1) is 11.6 Å². The van der Waals surface area contributed by atoms with Crippen molar-refractivity contribution in [2.24, 2.45) is 0 Å². The topological polar surface area (TPSA) is 55.4 Å². The highest BCUT2D eigenvalue weighted by atomic mass is 35.5. The highest BCUT2D eigenvalue weighted by Gasteiger charge is 2.07. The van der Waals surface area contributed by atoms with Crippen molar-refractivity contribution in [3.63, 3.8) is 0 Å². The van der Waals surface area contributed by atoms with Crippen molar-refractivity contribution in [3.8, 4) is 0 Å². The van der Waals surface area contributed by atoms with E-state index in [1.165, 1.54) is 0 Å². The summed E-state index contributed by atoms with van der Waals surface area (Å²) in [6.45, 7) is 0.441. The van der Waals surface area contributed by atoms with Crippen LogP contribution in [0, 0.1) is 0 Å². The highest BCUT2D eigenvalue weighted by molar-refractivity contribution is 7.93. The smallest absolute Gasteiger partial charge is 0.246 e. The van der Waals surface area contributed by atoms with Crippen LogP contribution in [-0.2, 0) is 21.4 Å². The number of hydrogen-bond acceptors (Lipinski definition) is 3. The van der Waals surface area contributed by atoms with Crippen molar-refractivity contribution in [1.29, 1.82) is 0 Å². The summed E-state index contributed by atoms with van der Waals surface area (Å²) in [7, 11) is -1.85. The van der Waals surface area contributed by atoms with Crippen LogP contribution in [0.1, 0.15) is 5.56 Å². The summed E-state index contributed by atoms with van der Waals surface area (Å²) in [6.07, 6.45) is 0. The third kappa shape index (κ3) is 4.07. The van der Waals surface area contributed by atoms with Gasteiger partial charge in [0.15, 0.2) is 0 Å². The molecule has 0 radical (unpaired) electrons. The molecule has 1 N–H and O–H groups in total. The third-order valence-corrected chi connectivity index (χ3v) is 3.35. The second-order valence-electron chi connectivity index (χ2n) is 2.96. The van der Waals surface area contributed by atoms with Crippen molar-refractivity contribution < 1.29 is 13.2 Å². The molecule has 0 saturated heterocycles. The van der Waals surface area contributed by atoms with Gasteiger partial charge in [-0.25, -0.2) is 8.42 Å². The van der Waals surface area contributed by atoms with Crippen LogP contribution in [0.3, 0.4) is 0 Å². The Morgan fingerprint density at radius 2 is 2.20 bits per heavy atom. The number of alkyl halides is 1. The zero-order valence-electron chi connectivity index (χ0n) is 8.23. The first kappa shape index (κ1) is 12.3. The molecule has 0 atom stereocenters. The molecule has 0 spiro atoms. The molecule has 6 heteroatoms. The standard InChI is InChI=1S/C9H12ClNO3S/c1-14-6-8-3-2-4-9(5-8)11-15(12,13)7-10/h2-5,11H,6-7H2,1H3. The number of rotatable bonds is 5. The minimum Gasteiger partial charge on any atom is -0.380 e. The molecule has 0 heterocycles. The lowest BCUT2D eigenvalue weighted by Crippen LogP contribution is -2.13. The number of hydrogen-bond donors (Lipinski definition) is 1. The number of nitrogens with one attached hydrogen (secondary N) is 1. The van der Waals surface area contributed by atoms with E-state index in [4.69, 9.17) is 16.3 Å². The fourth-order valence-electron chi connectivity index (χ4n) is 1.10. The Kier molecular flexibility index (Phi) is 4.38. The maximum atomic E-state index is 11.2. The molecule has 0 aromatic heterocycles. The van der Waals surface area contributed by atoms with Gasteiger partial charge in [0, 0.05) is 12.8 Å². The molecular formula is C9H12ClNO3S. The first-order valence-electron chi connectivity index (χ1n) is 4.22. The molecular weight excluding hydrogens is 238 g/mol. The molecule has 0 aliphatic heterocycles. The summed E-state index contributed by atoms with van der Waals surface area (Å²) in [6, 6.07) is 6.96. The Bertz CT molecular complexity index is 419. The second-order valence-corrected chi connectivity index (χ2v) is 5.27. The maximum Gasteiger partial charge on any atom is 0.246 e. The van der Waals surface area contributed by atoms with E-state index >= 15 is 0 Å². The Morgan fingerprint density at radius 3 is 2.80 bits per heavy atom. The van der Waals surface area contributed by atoms with Gasteiger partial charge in [-0.1, -0.05) is 12.1 Å². The average molecular weight is 250 g/mol. The molecule has 84 valence electrons. The van der Waals surface area contributed by atoms with Crippen LogP contribution in [0.2, 0.25) is 0 Å². The van der Waals surface area contributed by atoms with Crippen LogP contribution in [0.25, 0.3) is 0 Å². The lowest BCUT2D eigenvalue weighted by molar-refractivity contribution is 0.185. The number of benzene rings is 1. The summed E-state index contributed by atoms with van der Waals surface area (Å²) < 4.78 is 29.6. The van der Waals surface area contributed by atoms with Gasteiger partial charge in [-0.2, -0.15) is 0 Å². The normalized spacial score (nSPS) is 11.3. The van der Waals surface area contributed by atoms with Crippen molar-refractivity contribution >= 4 is 27.3 Å².